The Bertz CT molecular complexity index is 1600. The number of rotatable bonds is 8. The van der Waals surface area contributed by atoms with E-state index < -0.39 is 38.7 Å². The maximum absolute atomic E-state index is 15.2. The number of pyridine rings is 1. The van der Waals surface area contributed by atoms with Crippen molar-refractivity contribution >= 4 is 38.5 Å². The summed E-state index contributed by atoms with van der Waals surface area (Å²) in [6, 6.07) is 3.46. The molecule has 1 aromatic carbocycles. The Morgan fingerprint density at radius 1 is 1.11 bits per heavy atom. The molecule has 38 heavy (non-hydrogen) atoms. The van der Waals surface area contributed by atoms with Gasteiger partial charge in [0.1, 0.15) is 11.5 Å². The quantitative estimate of drug-likeness (QED) is 0.324. The largest absolute Gasteiger partial charge is 0.378 e. The number of halogens is 2. The number of aromatic amines is 1. The van der Waals surface area contributed by atoms with Crippen molar-refractivity contribution < 1.29 is 26.7 Å². The van der Waals surface area contributed by atoms with Crippen LogP contribution in [0.2, 0.25) is 0 Å². The van der Waals surface area contributed by atoms with E-state index in [4.69, 9.17) is 4.74 Å². The molecule has 0 radical (unpaired) electrons. The van der Waals surface area contributed by atoms with Crippen molar-refractivity contribution in [3.8, 4) is 11.1 Å². The van der Waals surface area contributed by atoms with Crippen LogP contribution in [0.15, 0.2) is 43.0 Å². The van der Waals surface area contributed by atoms with Crippen molar-refractivity contribution in [3.63, 3.8) is 0 Å². The van der Waals surface area contributed by atoms with Crippen LogP contribution in [0.1, 0.15) is 29.3 Å². The molecule has 198 valence electrons. The molecule has 4 heterocycles. The van der Waals surface area contributed by atoms with Crippen LogP contribution < -0.4 is 9.62 Å². The number of hydrogen-bond donors (Lipinski definition) is 2. The van der Waals surface area contributed by atoms with E-state index in [1.165, 1.54) is 6.20 Å². The summed E-state index contributed by atoms with van der Waals surface area (Å²) in [5.41, 5.74) is 0.183. The normalized spacial score (nSPS) is 14.1. The zero-order valence-electron chi connectivity index (χ0n) is 20.4. The molecule has 0 aliphatic carbocycles. The lowest BCUT2D eigenvalue weighted by atomic mass is 10.0. The van der Waals surface area contributed by atoms with Gasteiger partial charge in [-0.2, -0.15) is 0 Å². The van der Waals surface area contributed by atoms with Crippen molar-refractivity contribution in [2.45, 2.75) is 13.3 Å². The minimum atomic E-state index is -3.86. The number of ketones is 1. The first-order valence-electron chi connectivity index (χ1n) is 11.9. The first-order valence-corrected chi connectivity index (χ1v) is 13.6. The molecule has 0 atom stereocenters. The molecule has 4 aromatic rings. The highest BCUT2D eigenvalue weighted by atomic mass is 32.2. The lowest BCUT2D eigenvalue weighted by molar-refractivity contribution is 0.103. The van der Waals surface area contributed by atoms with Gasteiger partial charge >= 0.3 is 0 Å². The molecular formula is C25H24F2N6O4S. The topological polar surface area (TPSA) is 130 Å². The molecule has 3 aromatic heterocycles. The number of H-pyrrole nitrogens is 1. The lowest BCUT2D eigenvalue weighted by Crippen LogP contribution is -2.37. The van der Waals surface area contributed by atoms with E-state index in [0.29, 0.717) is 60.8 Å². The predicted molar refractivity (Wildman–Crippen MR) is 138 cm³/mol. The maximum atomic E-state index is 15.2. The second-order valence-electron chi connectivity index (χ2n) is 8.73. The lowest BCUT2D eigenvalue weighted by Gasteiger charge is -2.26. The number of fused-ring (bicyclic) bond motifs is 1. The van der Waals surface area contributed by atoms with Crippen LogP contribution >= 0.6 is 0 Å². The Hall–Kier alpha value is -3.97. The fourth-order valence-electron chi connectivity index (χ4n) is 4.21. The SMILES string of the molecule is CCCS(=O)(=O)Nc1ccc(F)c(C(=O)c2c[nH]c3ncc(-c4cnc(N5CCOCC5)nc4)cc23)c1F. The summed E-state index contributed by atoms with van der Waals surface area (Å²) in [6.07, 6.45) is 6.47. The Balaban J connectivity index is 1.48. The third-order valence-corrected chi connectivity index (χ3v) is 7.57. The van der Waals surface area contributed by atoms with Crippen LogP contribution in [0.3, 0.4) is 0 Å². The van der Waals surface area contributed by atoms with Crippen LogP contribution in [-0.2, 0) is 14.8 Å². The number of sulfonamides is 1. The van der Waals surface area contributed by atoms with Crippen LogP contribution in [-0.4, -0.2) is 66.2 Å². The molecule has 1 fully saturated rings. The van der Waals surface area contributed by atoms with Crippen LogP contribution in [0.4, 0.5) is 20.4 Å². The number of carbonyl (C=O) groups excluding carboxylic acids is 1. The summed E-state index contributed by atoms with van der Waals surface area (Å²) in [5.74, 6) is -3.04. The second kappa shape index (κ2) is 10.4. The Labute approximate surface area is 217 Å². The Kier molecular flexibility index (Phi) is 7.04. The number of carbonyl (C=O) groups is 1. The molecule has 0 unspecified atom stereocenters. The second-order valence-corrected chi connectivity index (χ2v) is 10.6. The van der Waals surface area contributed by atoms with E-state index in [-0.39, 0.29) is 11.3 Å². The molecule has 0 bridgehead atoms. The summed E-state index contributed by atoms with van der Waals surface area (Å²) in [6.45, 7) is 4.24. The summed E-state index contributed by atoms with van der Waals surface area (Å²) in [7, 11) is -3.86. The summed E-state index contributed by atoms with van der Waals surface area (Å²) < 4.78 is 61.6. The highest BCUT2D eigenvalue weighted by Gasteiger charge is 2.26. The van der Waals surface area contributed by atoms with Gasteiger partial charge in [0.25, 0.3) is 0 Å². The Morgan fingerprint density at radius 2 is 1.82 bits per heavy atom. The van der Waals surface area contributed by atoms with E-state index in [1.54, 1.807) is 31.6 Å². The number of nitrogens with one attached hydrogen (secondary N) is 2. The highest BCUT2D eigenvalue weighted by Crippen LogP contribution is 2.29. The van der Waals surface area contributed by atoms with Crippen molar-refractivity contribution in [1.29, 1.82) is 0 Å². The average Bonchev–Trinajstić information content (AvgIpc) is 3.34. The molecule has 0 amide bonds. The van der Waals surface area contributed by atoms with Gasteiger partial charge in [-0.05, 0) is 24.6 Å². The number of benzene rings is 1. The highest BCUT2D eigenvalue weighted by molar-refractivity contribution is 7.92. The number of hydrogen-bond acceptors (Lipinski definition) is 8. The molecule has 1 aliphatic heterocycles. The van der Waals surface area contributed by atoms with Gasteiger partial charge in [0, 0.05) is 60.0 Å². The molecular weight excluding hydrogens is 518 g/mol. The van der Waals surface area contributed by atoms with Crippen LogP contribution in [0, 0.1) is 11.6 Å². The third-order valence-electron chi connectivity index (χ3n) is 6.10. The summed E-state index contributed by atoms with van der Waals surface area (Å²) in [4.78, 5) is 31.4. The smallest absolute Gasteiger partial charge is 0.232 e. The van der Waals surface area contributed by atoms with Gasteiger partial charge in [-0.1, -0.05) is 6.92 Å². The summed E-state index contributed by atoms with van der Waals surface area (Å²) in [5, 5.41) is 0.334. The molecule has 2 N–H and O–H groups in total. The van der Waals surface area contributed by atoms with Gasteiger partial charge in [-0.15, -0.1) is 0 Å². The minimum Gasteiger partial charge on any atom is -0.378 e. The number of anilines is 2. The van der Waals surface area contributed by atoms with Crippen molar-refractivity contribution in [2.75, 3.05) is 41.7 Å². The summed E-state index contributed by atoms with van der Waals surface area (Å²) >= 11 is 0. The number of nitrogens with zero attached hydrogens (tertiary/aromatic N) is 4. The number of morpholine rings is 1. The number of ether oxygens (including phenoxy) is 1. The zero-order chi connectivity index (χ0) is 26.9. The first kappa shape index (κ1) is 25.7. The van der Waals surface area contributed by atoms with Crippen molar-refractivity contribution in [2.24, 2.45) is 0 Å². The third kappa shape index (κ3) is 5.07. The average molecular weight is 543 g/mol. The van der Waals surface area contributed by atoms with Gasteiger partial charge < -0.3 is 14.6 Å². The standard InChI is InChI=1S/C25H24F2N6O4S/c1-2-9-38(35,36)32-20-4-3-19(26)21(22(20)27)23(34)18-14-29-24-17(18)10-15(11-28-24)16-12-30-25(31-13-16)33-5-7-37-8-6-33/h3-4,10-14,32H,2,5-9H2,1H3,(H,28,29). The van der Waals surface area contributed by atoms with E-state index in [1.807, 2.05) is 4.90 Å². The van der Waals surface area contributed by atoms with Crippen LogP contribution in [0.25, 0.3) is 22.2 Å². The zero-order valence-corrected chi connectivity index (χ0v) is 21.2. The van der Waals surface area contributed by atoms with E-state index in [2.05, 4.69) is 24.7 Å². The minimum absolute atomic E-state index is 0.0217. The van der Waals surface area contributed by atoms with E-state index in [9.17, 15) is 17.6 Å². The van der Waals surface area contributed by atoms with Gasteiger partial charge in [-0.3, -0.25) is 9.52 Å². The fourth-order valence-corrected chi connectivity index (χ4v) is 5.34. The molecule has 13 heteroatoms. The Morgan fingerprint density at radius 3 is 2.53 bits per heavy atom. The van der Waals surface area contributed by atoms with Crippen molar-refractivity contribution in [1.82, 2.24) is 19.9 Å². The van der Waals surface area contributed by atoms with E-state index in [0.717, 1.165) is 12.1 Å². The molecule has 5 rings (SSSR count). The molecule has 1 saturated heterocycles. The molecule has 0 spiro atoms. The fraction of sp³-hybridized carbons (Fsp3) is 0.280. The van der Waals surface area contributed by atoms with Gasteiger partial charge in [-0.25, -0.2) is 32.2 Å². The van der Waals surface area contributed by atoms with Crippen molar-refractivity contribution in [3.05, 3.63) is 65.7 Å². The van der Waals surface area contributed by atoms with Crippen LogP contribution in [0.5, 0.6) is 0 Å². The number of aromatic nitrogens is 4. The van der Waals surface area contributed by atoms with Gasteiger partial charge in [0.2, 0.25) is 21.8 Å². The van der Waals surface area contributed by atoms with E-state index >= 15 is 4.39 Å². The molecule has 1 aliphatic rings. The molecule has 0 saturated carbocycles. The van der Waals surface area contributed by atoms with Gasteiger partial charge in [0.15, 0.2) is 5.82 Å². The first-order chi connectivity index (χ1) is 18.3. The maximum Gasteiger partial charge on any atom is 0.232 e. The molecule has 10 nitrogen and oxygen atoms in total. The monoisotopic (exact) mass is 542 g/mol. The predicted octanol–water partition coefficient (Wildman–Crippen LogP) is 3.52. The van der Waals surface area contributed by atoms with Gasteiger partial charge in [0.05, 0.1) is 30.2 Å².